The number of fused-ring (bicyclic) bond motifs is 1. The lowest BCUT2D eigenvalue weighted by atomic mass is 9.91. The number of aryl methyl sites for hydroxylation is 1. The summed E-state index contributed by atoms with van der Waals surface area (Å²) >= 11 is 0. The van der Waals surface area contributed by atoms with Crippen molar-refractivity contribution in [3.8, 4) is 0 Å². The molecule has 0 saturated heterocycles. The molecule has 2 atom stereocenters. The van der Waals surface area contributed by atoms with Gasteiger partial charge in [-0.2, -0.15) is 0 Å². The van der Waals surface area contributed by atoms with Crippen LogP contribution in [0.25, 0.3) is 0 Å². The molecule has 2 unspecified atom stereocenters. The number of benzene rings is 2. The Morgan fingerprint density at radius 1 is 1.05 bits per heavy atom. The van der Waals surface area contributed by atoms with Crippen molar-refractivity contribution in [2.45, 2.75) is 45.6 Å². The summed E-state index contributed by atoms with van der Waals surface area (Å²) in [5, 5.41) is 0. The lowest BCUT2D eigenvalue weighted by Crippen LogP contribution is -2.26. The van der Waals surface area contributed by atoms with Crippen LogP contribution < -0.4 is 4.90 Å². The zero-order valence-electron chi connectivity index (χ0n) is 12.6. The Balaban J connectivity index is 2.09. The van der Waals surface area contributed by atoms with Crippen LogP contribution in [0.4, 0.5) is 11.4 Å². The molecule has 1 aliphatic heterocycles. The van der Waals surface area contributed by atoms with Crippen molar-refractivity contribution >= 4 is 11.4 Å². The molecule has 0 aromatic heterocycles. The summed E-state index contributed by atoms with van der Waals surface area (Å²) in [6.07, 6.45) is 2.51. The van der Waals surface area contributed by atoms with Crippen LogP contribution in [0.1, 0.15) is 43.7 Å². The van der Waals surface area contributed by atoms with Crippen LogP contribution in [0.5, 0.6) is 0 Å². The van der Waals surface area contributed by atoms with Gasteiger partial charge in [-0.1, -0.05) is 49.2 Å². The van der Waals surface area contributed by atoms with E-state index in [1.54, 1.807) is 0 Å². The summed E-state index contributed by atoms with van der Waals surface area (Å²) in [5.74, 6) is 0.648. The van der Waals surface area contributed by atoms with Crippen LogP contribution in [-0.4, -0.2) is 6.04 Å². The molecule has 0 spiro atoms. The largest absolute Gasteiger partial charge is 0.338 e. The standard InChI is InChI=1S/C19H23N/c1-4-8-17-15(3)20(16-9-6-5-7-10-16)19-12-11-14(2)13-18(17)19/h5-7,9-13,15,17H,4,8H2,1-3H3. The lowest BCUT2D eigenvalue weighted by Gasteiger charge is -2.27. The Labute approximate surface area is 122 Å². The van der Waals surface area contributed by atoms with E-state index in [4.69, 9.17) is 0 Å². The number of para-hydroxylation sites is 1. The number of anilines is 2. The Morgan fingerprint density at radius 3 is 2.50 bits per heavy atom. The van der Waals surface area contributed by atoms with E-state index in [1.165, 1.54) is 35.3 Å². The van der Waals surface area contributed by atoms with Crippen molar-refractivity contribution in [3.05, 3.63) is 59.7 Å². The molecule has 1 aliphatic rings. The molecule has 0 aliphatic carbocycles. The second-order valence-electron chi connectivity index (χ2n) is 5.90. The van der Waals surface area contributed by atoms with E-state index in [0.29, 0.717) is 12.0 Å². The minimum absolute atomic E-state index is 0.536. The summed E-state index contributed by atoms with van der Waals surface area (Å²) in [7, 11) is 0. The van der Waals surface area contributed by atoms with Gasteiger partial charge in [0.2, 0.25) is 0 Å². The predicted octanol–water partition coefficient (Wildman–Crippen LogP) is 5.42. The monoisotopic (exact) mass is 265 g/mol. The van der Waals surface area contributed by atoms with Gasteiger partial charge in [0, 0.05) is 23.3 Å². The van der Waals surface area contributed by atoms with Crippen molar-refractivity contribution in [2.75, 3.05) is 4.90 Å². The second kappa shape index (κ2) is 5.32. The van der Waals surface area contributed by atoms with Crippen LogP contribution in [0.15, 0.2) is 48.5 Å². The topological polar surface area (TPSA) is 3.24 Å². The first-order valence-corrected chi connectivity index (χ1v) is 7.67. The Morgan fingerprint density at radius 2 is 1.80 bits per heavy atom. The fourth-order valence-electron chi connectivity index (χ4n) is 3.52. The molecule has 0 saturated carbocycles. The summed E-state index contributed by atoms with van der Waals surface area (Å²) in [6.45, 7) is 6.84. The van der Waals surface area contributed by atoms with Crippen LogP contribution in [0.3, 0.4) is 0 Å². The number of hydrogen-bond donors (Lipinski definition) is 0. The van der Waals surface area contributed by atoms with Gasteiger partial charge in [-0.15, -0.1) is 0 Å². The Hall–Kier alpha value is -1.76. The molecule has 0 fully saturated rings. The molecule has 3 rings (SSSR count). The van der Waals surface area contributed by atoms with E-state index < -0.39 is 0 Å². The minimum atomic E-state index is 0.536. The molecule has 2 aromatic carbocycles. The number of hydrogen-bond acceptors (Lipinski definition) is 1. The van der Waals surface area contributed by atoms with Crippen molar-refractivity contribution in [1.82, 2.24) is 0 Å². The van der Waals surface area contributed by atoms with Crippen LogP contribution in [0.2, 0.25) is 0 Å². The third-order valence-electron chi connectivity index (χ3n) is 4.47. The molecule has 2 aromatic rings. The van der Waals surface area contributed by atoms with Gasteiger partial charge >= 0.3 is 0 Å². The van der Waals surface area contributed by atoms with Crippen LogP contribution in [-0.2, 0) is 0 Å². The molecule has 0 N–H and O–H groups in total. The smallest absolute Gasteiger partial charge is 0.0449 e. The zero-order valence-corrected chi connectivity index (χ0v) is 12.6. The van der Waals surface area contributed by atoms with E-state index >= 15 is 0 Å². The maximum absolute atomic E-state index is 2.51. The molecule has 1 heterocycles. The maximum atomic E-state index is 2.51. The molecule has 1 heteroatoms. The maximum Gasteiger partial charge on any atom is 0.0449 e. The third-order valence-corrected chi connectivity index (χ3v) is 4.47. The van der Waals surface area contributed by atoms with E-state index in [1.807, 2.05) is 0 Å². The van der Waals surface area contributed by atoms with Gasteiger partial charge in [-0.3, -0.25) is 0 Å². The van der Waals surface area contributed by atoms with Gasteiger partial charge in [0.05, 0.1) is 0 Å². The quantitative estimate of drug-likeness (QED) is 0.716. The third kappa shape index (κ3) is 2.11. The lowest BCUT2D eigenvalue weighted by molar-refractivity contribution is 0.548. The highest BCUT2D eigenvalue weighted by Gasteiger charge is 2.35. The number of rotatable bonds is 3. The average Bonchev–Trinajstić information content (AvgIpc) is 2.73. The van der Waals surface area contributed by atoms with E-state index in [0.717, 1.165) is 0 Å². The molecule has 0 amide bonds. The summed E-state index contributed by atoms with van der Waals surface area (Å²) in [4.78, 5) is 2.51. The highest BCUT2D eigenvalue weighted by atomic mass is 15.2. The molecular weight excluding hydrogens is 242 g/mol. The SMILES string of the molecule is CCCC1c2cc(C)ccc2N(c2ccccc2)C1C. The van der Waals surface area contributed by atoms with Crippen molar-refractivity contribution in [3.63, 3.8) is 0 Å². The first-order chi connectivity index (χ1) is 9.72. The molecule has 0 radical (unpaired) electrons. The van der Waals surface area contributed by atoms with Crippen LogP contribution >= 0.6 is 0 Å². The van der Waals surface area contributed by atoms with Gasteiger partial charge < -0.3 is 4.90 Å². The second-order valence-corrected chi connectivity index (χ2v) is 5.90. The van der Waals surface area contributed by atoms with Crippen molar-refractivity contribution in [2.24, 2.45) is 0 Å². The van der Waals surface area contributed by atoms with Gasteiger partial charge in [-0.25, -0.2) is 0 Å². The number of nitrogens with zero attached hydrogens (tertiary/aromatic N) is 1. The van der Waals surface area contributed by atoms with E-state index in [-0.39, 0.29) is 0 Å². The van der Waals surface area contributed by atoms with E-state index in [2.05, 4.69) is 74.2 Å². The normalized spacial score (nSPS) is 21.1. The van der Waals surface area contributed by atoms with Crippen molar-refractivity contribution < 1.29 is 0 Å². The minimum Gasteiger partial charge on any atom is -0.338 e. The molecular formula is C19H23N. The van der Waals surface area contributed by atoms with Crippen molar-refractivity contribution in [1.29, 1.82) is 0 Å². The summed E-state index contributed by atoms with van der Waals surface area (Å²) in [6, 6.07) is 18.2. The molecule has 20 heavy (non-hydrogen) atoms. The summed E-state index contributed by atoms with van der Waals surface area (Å²) in [5.41, 5.74) is 5.60. The zero-order chi connectivity index (χ0) is 14.1. The highest BCUT2D eigenvalue weighted by Crippen LogP contribution is 2.47. The predicted molar refractivity (Wildman–Crippen MR) is 86.9 cm³/mol. The fourth-order valence-corrected chi connectivity index (χ4v) is 3.52. The molecule has 104 valence electrons. The van der Waals surface area contributed by atoms with Crippen LogP contribution in [0, 0.1) is 6.92 Å². The molecule has 1 nitrogen and oxygen atoms in total. The Kier molecular flexibility index (Phi) is 3.52. The van der Waals surface area contributed by atoms with Gasteiger partial charge in [0.15, 0.2) is 0 Å². The first kappa shape index (κ1) is 13.2. The van der Waals surface area contributed by atoms with E-state index in [9.17, 15) is 0 Å². The fraction of sp³-hybridized carbons (Fsp3) is 0.368. The van der Waals surface area contributed by atoms with Gasteiger partial charge in [0.1, 0.15) is 0 Å². The molecule has 0 bridgehead atoms. The summed E-state index contributed by atoms with van der Waals surface area (Å²) < 4.78 is 0. The van der Waals surface area contributed by atoms with Gasteiger partial charge in [-0.05, 0) is 44.0 Å². The highest BCUT2D eigenvalue weighted by molar-refractivity contribution is 5.72. The first-order valence-electron chi connectivity index (χ1n) is 7.67. The Bertz CT molecular complexity index is 588. The average molecular weight is 265 g/mol. The van der Waals surface area contributed by atoms with Gasteiger partial charge in [0.25, 0.3) is 0 Å².